The van der Waals surface area contributed by atoms with Gasteiger partial charge < -0.3 is 19.6 Å². The van der Waals surface area contributed by atoms with Crippen LogP contribution in [0.25, 0.3) is 0 Å². The molecule has 0 aliphatic carbocycles. The second kappa shape index (κ2) is 9.64. The Hall–Kier alpha value is -3.88. The molecule has 2 aromatic rings. The van der Waals surface area contributed by atoms with Crippen LogP contribution in [0.15, 0.2) is 36.4 Å². The number of phenols is 1. The van der Waals surface area contributed by atoms with Crippen LogP contribution in [0.5, 0.6) is 11.5 Å². The van der Waals surface area contributed by atoms with Crippen molar-refractivity contribution in [1.82, 2.24) is 15.1 Å². The Morgan fingerprint density at radius 3 is 2.72 bits per heavy atom. The van der Waals surface area contributed by atoms with E-state index >= 15 is 0 Å². The first-order chi connectivity index (χ1) is 17.3. The van der Waals surface area contributed by atoms with Gasteiger partial charge in [-0.25, -0.2) is 0 Å². The van der Waals surface area contributed by atoms with Gasteiger partial charge >= 0.3 is 0 Å². The minimum Gasteiger partial charge on any atom is -0.508 e. The van der Waals surface area contributed by atoms with Gasteiger partial charge in [0.2, 0.25) is 11.8 Å². The zero-order valence-corrected chi connectivity index (χ0v) is 20.2. The van der Waals surface area contributed by atoms with Gasteiger partial charge in [-0.3, -0.25) is 24.5 Å². The molecule has 9 heteroatoms. The van der Waals surface area contributed by atoms with E-state index in [0.717, 1.165) is 30.4 Å². The highest BCUT2D eigenvalue weighted by Gasteiger charge is 2.39. The number of piperidine rings is 2. The van der Waals surface area contributed by atoms with E-state index in [1.165, 1.54) is 11.0 Å². The number of carbonyl (C=O) groups excluding carboxylic acids is 4. The van der Waals surface area contributed by atoms with Crippen LogP contribution in [-0.4, -0.2) is 63.8 Å². The van der Waals surface area contributed by atoms with Crippen molar-refractivity contribution in [2.45, 2.75) is 57.7 Å². The Morgan fingerprint density at radius 1 is 1.11 bits per heavy atom. The van der Waals surface area contributed by atoms with E-state index in [-0.39, 0.29) is 42.5 Å². The number of rotatable bonds is 5. The quantitative estimate of drug-likeness (QED) is 0.621. The van der Waals surface area contributed by atoms with Crippen molar-refractivity contribution in [3.8, 4) is 11.5 Å². The van der Waals surface area contributed by atoms with Crippen LogP contribution >= 0.6 is 0 Å². The van der Waals surface area contributed by atoms with Gasteiger partial charge in [-0.2, -0.15) is 0 Å². The Balaban J connectivity index is 1.26. The van der Waals surface area contributed by atoms with Gasteiger partial charge in [-0.15, -0.1) is 0 Å². The molecule has 3 heterocycles. The van der Waals surface area contributed by atoms with Gasteiger partial charge in [-0.1, -0.05) is 0 Å². The van der Waals surface area contributed by atoms with Crippen LogP contribution in [0, 0.1) is 6.92 Å². The van der Waals surface area contributed by atoms with Crippen LogP contribution < -0.4 is 10.1 Å². The molecule has 0 aromatic heterocycles. The first kappa shape index (κ1) is 23.8. The molecule has 188 valence electrons. The van der Waals surface area contributed by atoms with Crippen molar-refractivity contribution < 1.29 is 29.0 Å². The van der Waals surface area contributed by atoms with Crippen molar-refractivity contribution in [2.24, 2.45) is 0 Å². The molecule has 36 heavy (non-hydrogen) atoms. The van der Waals surface area contributed by atoms with E-state index in [4.69, 9.17) is 4.74 Å². The van der Waals surface area contributed by atoms with Crippen LogP contribution in [0.1, 0.15) is 63.9 Å². The Bertz CT molecular complexity index is 1220. The summed E-state index contributed by atoms with van der Waals surface area (Å²) in [5.41, 5.74) is 2.58. The summed E-state index contributed by atoms with van der Waals surface area (Å²) in [6, 6.07) is 9.38. The lowest BCUT2D eigenvalue weighted by atomic mass is 10.0. The third kappa shape index (κ3) is 4.65. The summed E-state index contributed by atoms with van der Waals surface area (Å²) >= 11 is 0. The fraction of sp³-hybridized carbons (Fsp3) is 0.407. The molecule has 5 rings (SSSR count). The van der Waals surface area contributed by atoms with Crippen molar-refractivity contribution in [3.05, 3.63) is 58.7 Å². The summed E-state index contributed by atoms with van der Waals surface area (Å²) in [6.07, 6.45) is 3.26. The molecule has 1 unspecified atom stereocenters. The van der Waals surface area contributed by atoms with Gasteiger partial charge in [0.25, 0.3) is 11.8 Å². The first-order valence-corrected chi connectivity index (χ1v) is 12.3. The van der Waals surface area contributed by atoms with Gasteiger partial charge in [0, 0.05) is 30.6 Å². The molecule has 2 fully saturated rings. The number of phenolic OH excluding ortho intramolecular Hbond substituents is 1. The van der Waals surface area contributed by atoms with Gasteiger partial charge in [0.05, 0.1) is 6.04 Å². The molecule has 2 aromatic carbocycles. The fourth-order valence-corrected chi connectivity index (χ4v) is 5.33. The number of carbonyl (C=O) groups is 4. The van der Waals surface area contributed by atoms with E-state index < -0.39 is 11.9 Å². The average molecular weight is 492 g/mol. The van der Waals surface area contributed by atoms with Crippen LogP contribution in [-0.2, 0) is 16.1 Å². The number of ether oxygens (including phenoxy) is 1. The van der Waals surface area contributed by atoms with E-state index in [2.05, 4.69) is 5.32 Å². The Labute approximate surface area is 209 Å². The predicted molar refractivity (Wildman–Crippen MR) is 130 cm³/mol. The maximum Gasteiger partial charge on any atom is 0.255 e. The lowest BCUT2D eigenvalue weighted by molar-refractivity contribution is -0.136. The molecule has 3 aliphatic rings. The smallest absolute Gasteiger partial charge is 0.255 e. The largest absolute Gasteiger partial charge is 0.508 e. The summed E-state index contributed by atoms with van der Waals surface area (Å²) < 4.78 is 6.09. The Morgan fingerprint density at radius 2 is 1.94 bits per heavy atom. The average Bonchev–Trinajstić information content (AvgIpc) is 3.17. The number of fused-ring (bicyclic) bond motifs is 1. The van der Waals surface area contributed by atoms with Crippen LogP contribution in [0.4, 0.5) is 0 Å². The number of nitrogens with one attached hydrogen (secondary N) is 1. The zero-order valence-electron chi connectivity index (χ0n) is 20.2. The molecular weight excluding hydrogens is 462 g/mol. The van der Waals surface area contributed by atoms with Crippen molar-refractivity contribution in [3.63, 3.8) is 0 Å². The molecule has 4 amide bonds. The topological polar surface area (TPSA) is 116 Å². The number of hydrogen-bond donors (Lipinski definition) is 2. The highest BCUT2D eigenvalue weighted by Crippen LogP contribution is 2.31. The monoisotopic (exact) mass is 491 g/mol. The predicted octanol–water partition coefficient (Wildman–Crippen LogP) is 2.54. The summed E-state index contributed by atoms with van der Waals surface area (Å²) in [5, 5.41) is 12.2. The molecule has 0 bridgehead atoms. The van der Waals surface area contributed by atoms with E-state index in [9.17, 15) is 24.3 Å². The fourth-order valence-electron chi connectivity index (χ4n) is 5.33. The second-order valence-corrected chi connectivity index (χ2v) is 9.74. The number of imide groups is 1. The number of aromatic hydroxyl groups is 1. The molecule has 2 N–H and O–H groups in total. The third-order valence-electron chi connectivity index (χ3n) is 7.13. The SMILES string of the molecule is Cc1cc(O)cc(C(=O)N2CCCC[C@H]2COc2ccc3c(c2)CN(C2CCC(=O)NC2=O)C3=O)c1. The molecule has 3 aliphatic heterocycles. The lowest BCUT2D eigenvalue weighted by Crippen LogP contribution is -2.52. The molecule has 2 atom stereocenters. The highest BCUT2D eigenvalue weighted by molar-refractivity contribution is 6.05. The number of amides is 4. The standard InChI is InChI=1S/C27H29N3O6/c1-16-10-17(12-20(31)11-16)26(34)29-9-3-2-4-19(29)15-36-21-5-6-22-18(13-21)14-30(27(22)35)23-7-8-24(32)28-25(23)33/h5-6,10-13,19,23,31H,2-4,7-9,14-15H2,1H3,(H,28,32,33)/t19-,23?/m0/s1. The maximum absolute atomic E-state index is 13.2. The van der Waals surface area contributed by atoms with Crippen molar-refractivity contribution in [2.75, 3.05) is 13.2 Å². The van der Waals surface area contributed by atoms with Crippen LogP contribution in [0.3, 0.4) is 0 Å². The highest BCUT2D eigenvalue weighted by atomic mass is 16.5. The molecule has 9 nitrogen and oxygen atoms in total. The zero-order chi connectivity index (χ0) is 25.4. The van der Waals surface area contributed by atoms with E-state index in [1.54, 1.807) is 24.3 Å². The maximum atomic E-state index is 13.2. The van der Waals surface area contributed by atoms with Gasteiger partial charge in [0.1, 0.15) is 24.1 Å². The van der Waals surface area contributed by atoms with Crippen LogP contribution in [0.2, 0.25) is 0 Å². The van der Waals surface area contributed by atoms with Gasteiger partial charge in [0.15, 0.2) is 0 Å². The molecule has 0 saturated carbocycles. The Kier molecular flexibility index (Phi) is 6.38. The minimum atomic E-state index is -0.658. The lowest BCUT2D eigenvalue weighted by Gasteiger charge is -2.35. The summed E-state index contributed by atoms with van der Waals surface area (Å²) in [5.74, 6) is -0.434. The number of nitrogens with zero attached hydrogens (tertiary/aromatic N) is 2. The summed E-state index contributed by atoms with van der Waals surface area (Å²) in [7, 11) is 0. The first-order valence-electron chi connectivity index (χ1n) is 12.3. The molecule has 2 saturated heterocycles. The van der Waals surface area contributed by atoms with Crippen molar-refractivity contribution >= 4 is 23.6 Å². The van der Waals surface area contributed by atoms with E-state index in [1.807, 2.05) is 17.9 Å². The second-order valence-electron chi connectivity index (χ2n) is 9.74. The number of likely N-dealkylation sites (tertiary alicyclic amines) is 1. The summed E-state index contributed by atoms with van der Waals surface area (Å²) in [6.45, 7) is 3.06. The minimum absolute atomic E-state index is 0.0715. The van der Waals surface area contributed by atoms with E-state index in [0.29, 0.717) is 36.4 Å². The molecule has 0 spiro atoms. The van der Waals surface area contributed by atoms with Gasteiger partial charge in [-0.05, 0) is 80.1 Å². The molecular formula is C27H29N3O6. The summed E-state index contributed by atoms with van der Waals surface area (Å²) in [4.78, 5) is 53.2. The van der Waals surface area contributed by atoms with Crippen molar-refractivity contribution in [1.29, 1.82) is 0 Å². The number of aryl methyl sites for hydroxylation is 1. The normalized spacial score (nSPS) is 21.9. The number of benzene rings is 2. The third-order valence-corrected chi connectivity index (χ3v) is 7.13. The molecule has 0 radical (unpaired) electrons. The number of hydrogen-bond acceptors (Lipinski definition) is 6.